The number of aromatic amines is 1. The predicted octanol–water partition coefficient (Wildman–Crippen LogP) is 2.33. The molecule has 1 fully saturated rings. The maximum absolute atomic E-state index is 5.19. The number of aromatic nitrogens is 1. The SMILES string of the molecule is CC(Cc1c[nH]c2ccccc12)NCC1COC1. The Morgan fingerprint density at radius 3 is 3.00 bits per heavy atom. The molecule has 3 rings (SSSR count). The Labute approximate surface area is 108 Å². The van der Waals surface area contributed by atoms with Gasteiger partial charge in [-0.1, -0.05) is 18.2 Å². The summed E-state index contributed by atoms with van der Waals surface area (Å²) in [4.78, 5) is 3.33. The first-order valence-electron chi connectivity index (χ1n) is 6.69. The van der Waals surface area contributed by atoms with E-state index < -0.39 is 0 Å². The lowest BCUT2D eigenvalue weighted by molar-refractivity contribution is -0.0314. The second-order valence-electron chi connectivity index (χ2n) is 5.28. The fourth-order valence-electron chi connectivity index (χ4n) is 2.47. The summed E-state index contributed by atoms with van der Waals surface area (Å²) in [6.45, 7) is 5.17. The third-order valence-corrected chi connectivity index (χ3v) is 3.66. The molecular formula is C15H20N2O. The highest BCUT2D eigenvalue weighted by atomic mass is 16.5. The molecule has 18 heavy (non-hydrogen) atoms. The summed E-state index contributed by atoms with van der Waals surface area (Å²) in [7, 11) is 0. The largest absolute Gasteiger partial charge is 0.381 e. The van der Waals surface area contributed by atoms with E-state index in [0.717, 1.165) is 32.1 Å². The second kappa shape index (κ2) is 5.12. The molecule has 1 aromatic heterocycles. The van der Waals surface area contributed by atoms with Gasteiger partial charge < -0.3 is 15.0 Å². The average molecular weight is 244 g/mol. The fourth-order valence-corrected chi connectivity index (χ4v) is 2.47. The van der Waals surface area contributed by atoms with Gasteiger partial charge in [0.15, 0.2) is 0 Å². The number of hydrogen-bond acceptors (Lipinski definition) is 2. The number of nitrogens with one attached hydrogen (secondary N) is 2. The van der Waals surface area contributed by atoms with Gasteiger partial charge in [0, 0.05) is 35.6 Å². The lowest BCUT2D eigenvalue weighted by atomic mass is 10.0. The van der Waals surface area contributed by atoms with Crippen molar-refractivity contribution >= 4 is 10.9 Å². The highest BCUT2D eigenvalue weighted by Gasteiger charge is 2.18. The van der Waals surface area contributed by atoms with Crippen LogP contribution in [0.25, 0.3) is 10.9 Å². The predicted molar refractivity (Wildman–Crippen MR) is 73.8 cm³/mol. The quantitative estimate of drug-likeness (QED) is 0.847. The number of H-pyrrole nitrogens is 1. The minimum Gasteiger partial charge on any atom is -0.381 e. The number of rotatable bonds is 5. The monoisotopic (exact) mass is 244 g/mol. The van der Waals surface area contributed by atoms with E-state index in [9.17, 15) is 0 Å². The zero-order valence-corrected chi connectivity index (χ0v) is 10.8. The van der Waals surface area contributed by atoms with Gasteiger partial charge in [0.05, 0.1) is 13.2 Å². The molecule has 2 N–H and O–H groups in total. The van der Waals surface area contributed by atoms with E-state index in [-0.39, 0.29) is 0 Å². The second-order valence-corrected chi connectivity index (χ2v) is 5.28. The molecule has 0 saturated carbocycles. The Morgan fingerprint density at radius 2 is 2.22 bits per heavy atom. The van der Waals surface area contributed by atoms with Crippen molar-refractivity contribution < 1.29 is 4.74 Å². The number of fused-ring (bicyclic) bond motifs is 1. The summed E-state index contributed by atoms with van der Waals surface area (Å²) < 4.78 is 5.19. The van der Waals surface area contributed by atoms with Crippen LogP contribution in [-0.4, -0.2) is 30.8 Å². The maximum Gasteiger partial charge on any atom is 0.0528 e. The first-order chi connectivity index (χ1) is 8.83. The Balaban J connectivity index is 1.60. The standard InChI is InChI=1S/C15H20N2O/c1-11(16-7-12-9-18-10-12)6-13-8-17-15-5-3-2-4-14(13)15/h2-5,8,11-12,16-17H,6-7,9-10H2,1H3. The van der Waals surface area contributed by atoms with Crippen molar-refractivity contribution in [3.63, 3.8) is 0 Å². The van der Waals surface area contributed by atoms with Crippen LogP contribution in [0.4, 0.5) is 0 Å². The molecule has 2 heterocycles. The van der Waals surface area contributed by atoms with Crippen molar-refractivity contribution in [1.82, 2.24) is 10.3 Å². The Kier molecular flexibility index (Phi) is 3.35. The van der Waals surface area contributed by atoms with Gasteiger partial charge in [-0.3, -0.25) is 0 Å². The Morgan fingerprint density at radius 1 is 1.39 bits per heavy atom. The van der Waals surface area contributed by atoms with Crippen molar-refractivity contribution in [1.29, 1.82) is 0 Å². The maximum atomic E-state index is 5.19. The zero-order valence-electron chi connectivity index (χ0n) is 10.8. The van der Waals surface area contributed by atoms with E-state index in [4.69, 9.17) is 4.74 Å². The molecule has 1 aromatic carbocycles. The van der Waals surface area contributed by atoms with Gasteiger partial charge in [-0.05, 0) is 25.0 Å². The molecule has 2 aromatic rings. The van der Waals surface area contributed by atoms with Crippen LogP contribution in [0, 0.1) is 5.92 Å². The third-order valence-electron chi connectivity index (χ3n) is 3.66. The first kappa shape index (κ1) is 11.8. The van der Waals surface area contributed by atoms with E-state index in [1.807, 2.05) is 0 Å². The minimum absolute atomic E-state index is 0.504. The Hall–Kier alpha value is -1.32. The number of hydrogen-bond donors (Lipinski definition) is 2. The molecule has 0 bridgehead atoms. The normalized spacial score (nSPS) is 17.8. The number of benzene rings is 1. The molecule has 1 saturated heterocycles. The summed E-state index contributed by atoms with van der Waals surface area (Å²) in [6, 6.07) is 8.99. The summed E-state index contributed by atoms with van der Waals surface area (Å²) >= 11 is 0. The van der Waals surface area contributed by atoms with Gasteiger partial charge >= 0.3 is 0 Å². The molecule has 3 nitrogen and oxygen atoms in total. The molecule has 0 radical (unpaired) electrons. The zero-order chi connectivity index (χ0) is 12.4. The van der Waals surface area contributed by atoms with Gasteiger partial charge in [0.2, 0.25) is 0 Å². The molecule has 0 spiro atoms. The van der Waals surface area contributed by atoms with Gasteiger partial charge in [0.1, 0.15) is 0 Å². The van der Waals surface area contributed by atoms with Crippen molar-refractivity contribution in [2.24, 2.45) is 5.92 Å². The highest BCUT2D eigenvalue weighted by molar-refractivity contribution is 5.83. The number of ether oxygens (including phenoxy) is 1. The highest BCUT2D eigenvalue weighted by Crippen LogP contribution is 2.19. The molecule has 0 aliphatic carbocycles. The summed E-state index contributed by atoms with van der Waals surface area (Å²) in [5.74, 6) is 0.718. The third kappa shape index (κ3) is 2.42. The van der Waals surface area contributed by atoms with Crippen LogP contribution < -0.4 is 5.32 Å². The van der Waals surface area contributed by atoms with Gasteiger partial charge in [-0.2, -0.15) is 0 Å². The smallest absolute Gasteiger partial charge is 0.0528 e. The summed E-state index contributed by atoms with van der Waals surface area (Å²) in [5, 5.41) is 4.94. The van der Waals surface area contributed by atoms with Crippen LogP contribution in [-0.2, 0) is 11.2 Å². The van der Waals surface area contributed by atoms with Gasteiger partial charge in [-0.15, -0.1) is 0 Å². The Bertz CT molecular complexity index is 516. The van der Waals surface area contributed by atoms with E-state index >= 15 is 0 Å². The van der Waals surface area contributed by atoms with Crippen molar-refractivity contribution in [3.8, 4) is 0 Å². The van der Waals surface area contributed by atoms with Crippen molar-refractivity contribution in [3.05, 3.63) is 36.0 Å². The topological polar surface area (TPSA) is 37.0 Å². The van der Waals surface area contributed by atoms with Crippen LogP contribution in [0.1, 0.15) is 12.5 Å². The van der Waals surface area contributed by atoms with Crippen molar-refractivity contribution in [2.45, 2.75) is 19.4 Å². The molecule has 1 atom stereocenters. The molecule has 1 aliphatic rings. The van der Waals surface area contributed by atoms with Crippen LogP contribution in [0.15, 0.2) is 30.5 Å². The van der Waals surface area contributed by atoms with Crippen LogP contribution >= 0.6 is 0 Å². The van der Waals surface area contributed by atoms with E-state index in [2.05, 4.69) is 47.7 Å². The van der Waals surface area contributed by atoms with Crippen LogP contribution in [0.3, 0.4) is 0 Å². The minimum atomic E-state index is 0.504. The lowest BCUT2D eigenvalue weighted by Gasteiger charge is -2.27. The molecule has 1 unspecified atom stereocenters. The lowest BCUT2D eigenvalue weighted by Crippen LogP contribution is -2.40. The van der Waals surface area contributed by atoms with Crippen LogP contribution in [0.2, 0.25) is 0 Å². The van der Waals surface area contributed by atoms with E-state index in [0.29, 0.717) is 6.04 Å². The first-order valence-corrected chi connectivity index (χ1v) is 6.69. The molecule has 3 heteroatoms. The number of para-hydroxylation sites is 1. The van der Waals surface area contributed by atoms with E-state index in [1.54, 1.807) is 0 Å². The van der Waals surface area contributed by atoms with Crippen molar-refractivity contribution in [2.75, 3.05) is 19.8 Å². The fraction of sp³-hybridized carbons (Fsp3) is 0.467. The van der Waals surface area contributed by atoms with Gasteiger partial charge in [0.25, 0.3) is 0 Å². The molecule has 0 amide bonds. The summed E-state index contributed by atoms with van der Waals surface area (Å²) in [5.41, 5.74) is 2.63. The molecule has 1 aliphatic heterocycles. The molecular weight excluding hydrogens is 224 g/mol. The van der Waals surface area contributed by atoms with E-state index in [1.165, 1.54) is 16.5 Å². The van der Waals surface area contributed by atoms with Crippen LogP contribution in [0.5, 0.6) is 0 Å². The van der Waals surface area contributed by atoms with Gasteiger partial charge in [-0.25, -0.2) is 0 Å². The average Bonchev–Trinajstić information content (AvgIpc) is 2.71. The molecule has 96 valence electrons. The summed E-state index contributed by atoms with van der Waals surface area (Å²) in [6.07, 6.45) is 3.20.